The van der Waals surface area contributed by atoms with E-state index in [2.05, 4.69) is 33.0 Å². The molecular weight excluding hydrogens is 176 g/mol. The van der Waals surface area contributed by atoms with E-state index in [0.717, 1.165) is 12.8 Å². The SMILES string of the molecule is CCC(CCN)NC(=O)CC(C)(C)C. The molecule has 0 aromatic carbocycles. The van der Waals surface area contributed by atoms with E-state index in [4.69, 9.17) is 5.73 Å². The van der Waals surface area contributed by atoms with Gasteiger partial charge in [0, 0.05) is 12.5 Å². The Balaban J connectivity index is 3.91. The van der Waals surface area contributed by atoms with Gasteiger partial charge in [-0.2, -0.15) is 0 Å². The van der Waals surface area contributed by atoms with Crippen LogP contribution in [0.1, 0.15) is 47.0 Å². The highest BCUT2D eigenvalue weighted by molar-refractivity contribution is 5.76. The molecule has 0 aromatic heterocycles. The van der Waals surface area contributed by atoms with Gasteiger partial charge in [0.05, 0.1) is 0 Å². The molecule has 0 aliphatic heterocycles. The highest BCUT2D eigenvalue weighted by Gasteiger charge is 2.17. The Kier molecular flexibility index (Phi) is 5.77. The zero-order chi connectivity index (χ0) is 11.2. The summed E-state index contributed by atoms with van der Waals surface area (Å²) in [5.41, 5.74) is 5.52. The van der Waals surface area contributed by atoms with Gasteiger partial charge in [0.15, 0.2) is 0 Å². The van der Waals surface area contributed by atoms with Gasteiger partial charge in [-0.25, -0.2) is 0 Å². The fraction of sp³-hybridized carbons (Fsp3) is 0.909. The largest absolute Gasteiger partial charge is 0.353 e. The smallest absolute Gasteiger partial charge is 0.220 e. The van der Waals surface area contributed by atoms with Crippen LogP contribution in [-0.4, -0.2) is 18.5 Å². The number of nitrogens with one attached hydrogen (secondary N) is 1. The quantitative estimate of drug-likeness (QED) is 0.709. The fourth-order valence-electron chi connectivity index (χ4n) is 1.34. The average Bonchev–Trinajstić information content (AvgIpc) is 2.00. The first-order valence-electron chi connectivity index (χ1n) is 5.38. The molecule has 1 amide bonds. The van der Waals surface area contributed by atoms with Crippen molar-refractivity contribution in [1.29, 1.82) is 0 Å². The van der Waals surface area contributed by atoms with Crippen LogP contribution >= 0.6 is 0 Å². The fourth-order valence-corrected chi connectivity index (χ4v) is 1.34. The van der Waals surface area contributed by atoms with Crippen molar-refractivity contribution in [1.82, 2.24) is 5.32 Å². The number of carbonyl (C=O) groups is 1. The molecule has 1 atom stereocenters. The van der Waals surface area contributed by atoms with E-state index >= 15 is 0 Å². The van der Waals surface area contributed by atoms with Crippen LogP contribution in [0.25, 0.3) is 0 Å². The summed E-state index contributed by atoms with van der Waals surface area (Å²) in [5, 5.41) is 3.01. The average molecular weight is 200 g/mol. The highest BCUT2D eigenvalue weighted by atomic mass is 16.1. The lowest BCUT2D eigenvalue weighted by atomic mass is 9.91. The van der Waals surface area contributed by atoms with Gasteiger partial charge in [0.2, 0.25) is 5.91 Å². The van der Waals surface area contributed by atoms with Crippen LogP contribution < -0.4 is 11.1 Å². The summed E-state index contributed by atoms with van der Waals surface area (Å²) < 4.78 is 0. The van der Waals surface area contributed by atoms with Crippen molar-refractivity contribution in [2.24, 2.45) is 11.1 Å². The van der Waals surface area contributed by atoms with E-state index in [1.54, 1.807) is 0 Å². The van der Waals surface area contributed by atoms with Crippen molar-refractivity contribution in [3.05, 3.63) is 0 Å². The van der Waals surface area contributed by atoms with Gasteiger partial charge in [0.25, 0.3) is 0 Å². The van der Waals surface area contributed by atoms with Crippen LogP contribution in [0.3, 0.4) is 0 Å². The molecular formula is C11H24N2O. The van der Waals surface area contributed by atoms with Gasteiger partial charge >= 0.3 is 0 Å². The Morgan fingerprint density at radius 3 is 2.36 bits per heavy atom. The van der Waals surface area contributed by atoms with Crippen LogP contribution in [0.5, 0.6) is 0 Å². The second-order valence-electron chi connectivity index (χ2n) is 4.99. The van der Waals surface area contributed by atoms with Crippen molar-refractivity contribution < 1.29 is 4.79 Å². The second kappa shape index (κ2) is 6.02. The van der Waals surface area contributed by atoms with Crippen molar-refractivity contribution in [3.8, 4) is 0 Å². The van der Waals surface area contributed by atoms with Crippen LogP contribution in [0, 0.1) is 5.41 Å². The van der Waals surface area contributed by atoms with E-state index in [0.29, 0.717) is 13.0 Å². The van der Waals surface area contributed by atoms with Gasteiger partial charge in [-0.05, 0) is 24.8 Å². The van der Waals surface area contributed by atoms with Gasteiger partial charge in [-0.15, -0.1) is 0 Å². The second-order valence-corrected chi connectivity index (χ2v) is 4.99. The van der Waals surface area contributed by atoms with E-state index in [-0.39, 0.29) is 17.4 Å². The number of hydrogen-bond acceptors (Lipinski definition) is 2. The Morgan fingerprint density at radius 1 is 1.43 bits per heavy atom. The molecule has 0 fully saturated rings. The number of rotatable bonds is 5. The minimum atomic E-state index is 0.0606. The van der Waals surface area contributed by atoms with Gasteiger partial charge < -0.3 is 11.1 Å². The summed E-state index contributed by atoms with van der Waals surface area (Å²) in [6, 6.07) is 0.245. The molecule has 14 heavy (non-hydrogen) atoms. The van der Waals surface area contributed by atoms with E-state index in [1.807, 2.05) is 0 Å². The van der Waals surface area contributed by atoms with E-state index in [9.17, 15) is 4.79 Å². The maximum absolute atomic E-state index is 11.6. The van der Waals surface area contributed by atoms with Crippen molar-refractivity contribution in [2.75, 3.05) is 6.54 Å². The predicted octanol–water partition coefficient (Wildman–Crippen LogP) is 1.67. The number of hydrogen-bond donors (Lipinski definition) is 2. The minimum absolute atomic E-state index is 0.0606. The monoisotopic (exact) mass is 200 g/mol. The van der Waals surface area contributed by atoms with Crippen LogP contribution in [0.4, 0.5) is 0 Å². The molecule has 0 aromatic rings. The molecule has 1 unspecified atom stereocenters. The number of carbonyl (C=O) groups excluding carboxylic acids is 1. The molecule has 0 spiro atoms. The molecule has 84 valence electrons. The molecule has 0 bridgehead atoms. The summed E-state index contributed by atoms with van der Waals surface area (Å²) in [5.74, 6) is 0.137. The summed E-state index contributed by atoms with van der Waals surface area (Å²) in [7, 11) is 0. The number of amides is 1. The first-order chi connectivity index (χ1) is 6.39. The van der Waals surface area contributed by atoms with Crippen molar-refractivity contribution >= 4 is 5.91 Å². The van der Waals surface area contributed by atoms with E-state index < -0.39 is 0 Å². The van der Waals surface area contributed by atoms with Crippen molar-refractivity contribution in [3.63, 3.8) is 0 Å². The minimum Gasteiger partial charge on any atom is -0.353 e. The molecule has 0 aliphatic carbocycles. The predicted molar refractivity (Wildman–Crippen MR) is 60.0 cm³/mol. The van der Waals surface area contributed by atoms with Crippen molar-refractivity contribution in [2.45, 2.75) is 53.0 Å². The molecule has 0 rings (SSSR count). The summed E-state index contributed by atoms with van der Waals surface area (Å²) >= 11 is 0. The van der Waals surface area contributed by atoms with Gasteiger partial charge in [-0.3, -0.25) is 4.79 Å². The molecule has 3 heteroatoms. The number of nitrogens with two attached hydrogens (primary N) is 1. The maximum atomic E-state index is 11.6. The molecule has 0 aliphatic rings. The third kappa shape index (κ3) is 6.89. The first kappa shape index (κ1) is 13.4. The topological polar surface area (TPSA) is 55.1 Å². The van der Waals surface area contributed by atoms with Crippen LogP contribution in [0.15, 0.2) is 0 Å². The summed E-state index contributed by atoms with van der Waals surface area (Å²) in [6.07, 6.45) is 2.40. The van der Waals surface area contributed by atoms with Crippen LogP contribution in [0.2, 0.25) is 0 Å². The van der Waals surface area contributed by atoms with E-state index in [1.165, 1.54) is 0 Å². The Morgan fingerprint density at radius 2 is 2.00 bits per heavy atom. The standard InChI is InChI=1S/C11H24N2O/c1-5-9(6-7-12)13-10(14)8-11(2,3)4/h9H,5-8,12H2,1-4H3,(H,13,14). The van der Waals surface area contributed by atoms with Gasteiger partial charge in [0.1, 0.15) is 0 Å². The lowest BCUT2D eigenvalue weighted by molar-refractivity contribution is -0.123. The molecule has 0 radical (unpaired) electrons. The normalized spacial score (nSPS) is 13.8. The summed E-state index contributed by atoms with van der Waals surface area (Å²) in [6.45, 7) is 8.90. The third-order valence-corrected chi connectivity index (χ3v) is 2.06. The zero-order valence-electron chi connectivity index (χ0n) is 9.89. The van der Waals surface area contributed by atoms with Gasteiger partial charge in [-0.1, -0.05) is 27.7 Å². The Labute approximate surface area is 87.4 Å². The molecule has 3 nitrogen and oxygen atoms in total. The third-order valence-electron chi connectivity index (χ3n) is 2.06. The lowest BCUT2D eigenvalue weighted by Gasteiger charge is -2.21. The first-order valence-corrected chi connectivity index (χ1v) is 5.38. The Hall–Kier alpha value is -0.570. The molecule has 0 saturated heterocycles. The molecule has 3 N–H and O–H groups in total. The molecule has 0 saturated carbocycles. The maximum Gasteiger partial charge on any atom is 0.220 e. The highest BCUT2D eigenvalue weighted by Crippen LogP contribution is 2.18. The lowest BCUT2D eigenvalue weighted by Crippen LogP contribution is -2.37. The summed E-state index contributed by atoms with van der Waals surface area (Å²) in [4.78, 5) is 11.6. The Bertz CT molecular complexity index is 173. The zero-order valence-corrected chi connectivity index (χ0v) is 9.89. The molecule has 0 heterocycles. The van der Waals surface area contributed by atoms with Crippen LogP contribution in [-0.2, 0) is 4.79 Å².